The molecular weight excluding hydrogens is 260 g/mol. The van der Waals surface area contributed by atoms with E-state index in [1.54, 1.807) is 18.2 Å². The Balaban J connectivity index is 1.99. The maximum atomic E-state index is 12.2. The molecule has 0 aliphatic heterocycles. The molecule has 1 saturated carbocycles. The molecule has 1 fully saturated rings. The number of nitrogens with one attached hydrogen (secondary N) is 1. The number of nitrogens with two attached hydrogens (primary N) is 1. The number of amides is 1. The van der Waals surface area contributed by atoms with Crippen molar-refractivity contribution >= 4 is 23.2 Å². The Morgan fingerprint density at radius 2 is 2.05 bits per heavy atom. The summed E-state index contributed by atoms with van der Waals surface area (Å²) in [5.41, 5.74) is 6.74. The molecular formula is C15H21ClN2O. The Hall–Kier alpha value is -1.22. The minimum Gasteiger partial charge on any atom is -0.398 e. The van der Waals surface area contributed by atoms with Gasteiger partial charge in [-0.1, -0.05) is 25.4 Å². The van der Waals surface area contributed by atoms with Gasteiger partial charge < -0.3 is 11.1 Å². The highest BCUT2D eigenvalue weighted by Gasteiger charge is 2.25. The molecule has 3 N–H and O–H groups in total. The lowest BCUT2D eigenvalue weighted by atomic mass is 9.79. The summed E-state index contributed by atoms with van der Waals surface area (Å²) in [6.45, 7) is 4.53. The largest absolute Gasteiger partial charge is 0.398 e. The van der Waals surface area contributed by atoms with Gasteiger partial charge in [-0.25, -0.2) is 0 Å². The van der Waals surface area contributed by atoms with Crippen LogP contribution in [0.1, 0.15) is 43.5 Å². The van der Waals surface area contributed by atoms with Crippen LogP contribution in [0.15, 0.2) is 18.2 Å². The van der Waals surface area contributed by atoms with E-state index in [0.717, 1.165) is 18.8 Å². The maximum absolute atomic E-state index is 12.2. The molecule has 3 unspecified atom stereocenters. The molecule has 1 aliphatic carbocycles. The normalized spacial score (nSPS) is 27.0. The van der Waals surface area contributed by atoms with E-state index < -0.39 is 0 Å². The summed E-state index contributed by atoms with van der Waals surface area (Å²) in [4.78, 5) is 12.2. The summed E-state index contributed by atoms with van der Waals surface area (Å²) in [5.74, 6) is 1.35. The molecule has 104 valence electrons. The molecule has 2 rings (SSSR count). The minimum atomic E-state index is -0.0601. The second-order valence-electron chi connectivity index (χ2n) is 5.67. The molecule has 0 saturated heterocycles. The number of benzene rings is 1. The number of nitrogen functional groups attached to an aromatic ring is 1. The molecule has 19 heavy (non-hydrogen) atoms. The summed E-state index contributed by atoms with van der Waals surface area (Å²) in [6.07, 6.45) is 3.28. The van der Waals surface area contributed by atoms with Gasteiger partial charge in [-0.15, -0.1) is 0 Å². The predicted molar refractivity (Wildman–Crippen MR) is 79.3 cm³/mol. The van der Waals surface area contributed by atoms with Gasteiger partial charge in [0.2, 0.25) is 0 Å². The lowest BCUT2D eigenvalue weighted by molar-refractivity contribution is 0.0910. The van der Waals surface area contributed by atoms with Crippen molar-refractivity contribution < 1.29 is 4.79 Å². The summed E-state index contributed by atoms with van der Waals surface area (Å²) >= 11 is 5.86. The quantitative estimate of drug-likeness (QED) is 0.815. The molecule has 1 aromatic carbocycles. The highest BCUT2D eigenvalue weighted by Crippen LogP contribution is 2.29. The summed E-state index contributed by atoms with van der Waals surface area (Å²) in [6, 6.07) is 5.28. The fraction of sp³-hybridized carbons (Fsp3) is 0.533. The van der Waals surface area contributed by atoms with Crippen LogP contribution in [0.25, 0.3) is 0 Å². The van der Waals surface area contributed by atoms with Crippen LogP contribution >= 0.6 is 11.6 Å². The van der Waals surface area contributed by atoms with Gasteiger partial charge in [-0.2, -0.15) is 0 Å². The van der Waals surface area contributed by atoms with Crippen molar-refractivity contribution in [3.05, 3.63) is 28.8 Å². The molecule has 0 aromatic heterocycles. The zero-order chi connectivity index (χ0) is 14.0. The minimum absolute atomic E-state index is 0.0601. The third-order valence-electron chi connectivity index (χ3n) is 4.19. The van der Waals surface area contributed by atoms with E-state index in [2.05, 4.69) is 19.2 Å². The lowest BCUT2D eigenvalue weighted by Gasteiger charge is -2.32. The Morgan fingerprint density at radius 1 is 1.32 bits per heavy atom. The van der Waals surface area contributed by atoms with Crippen LogP contribution in [-0.4, -0.2) is 11.9 Å². The van der Waals surface area contributed by atoms with E-state index in [1.807, 2.05) is 0 Å². The zero-order valence-electron chi connectivity index (χ0n) is 11.4. The first-order chi connectivity index (χ1) is 8.97. The van der Waals surface area contributed by atoms with Crippen LogP contribution in [0.3, 0.4) is 0 Å². The molecule has 0 spiro atoms. The number of carbonyl (C=O) groups excluding carboxylic acids is 1. The smallest absolute Gasteiger partial charge is 0.251 e. The molecule has 1 aliphatic rings. The van der Waals surface area contributed by atoms with Gasteiger partial charge in [0.1, 0.15) is 0 Å². The van der Waals surface area contributed by atoms with Gasteiger partial charge in [0.15, 0.2) is 0 Å². The van der Waals surface area contributed by atoms with Crippen LogP contribution in [-0.2, 0) is 0 Å². The summed E-state index contributed by atoms with van der Waals surface area (Å²) in [7, 11) is 0. The van der Waals surface area contributed by atoms with Crippen LogP contribution in [0, 0.1) is 11.8 Å². The molecule has 1 amide bonds. The van der Waals surface area contributed by atoms with E-state index in [4.69, 9.17) is 17.3 Å². The first kappa shape index (κ1) is 14.2. The zero-order valence-corrected chi connectivity index (χ0v) is 12.2. The molecule has 0 bridgehead atoms. The lowest BCUT2D eigenvalue weighted by Crippen LogP contribution is -2.39. The standard InChI is InChI=1S/C15H21ClN2O/c1-9-3-5-12(7-10(9)2)18-15(19)11-4-6-13(16)14(17)8-11/h4,6,8-10,12H,3,5,7,17H2,1-2H3,(H,18,19). The summed E-state index contributed by atoms with van der Waals surface area (Å²) in [5, 5.41) is 3.58. The van der Waals surface area contributed by atoms with Gasteiger partial charge in [-0.05, 0) is 49.3 Å². The van der Waals surface area contributed by atoms with Gasteiger partial charge in [0.05, 0.1) is 10.7 Å². The van der Waals surface area contributed by atoms with Crippen molar-refractivity contribution in [3.63, 3.8) is 0 Å². The van der Waals surface area contributed by atoms with Crippen molar-refractivity contribution in [3.8, 4) is 0 Å². The number of anilines is 1. The maximum Gasteiger partial charge on any atom is 0.251 e. The van der Waals surface area contributed by atoms with E-state index >= 15 is 0 Å². The van der Waals surface area contributed by atoms with Crippen molar-refractivity contribution in [2.24, 2.45) is 11.8 Å². The Morgan fingerprint density at radius 3 is 2.68 bits per heavy atom. The molecule has 3 nitrogen and oxygen atoms in total. The van der Waals surface area contributed by atoms with E-state index in [-0.39, 0.29) is 11.9 Å². The van der Waals surface area contributed by atoms with Crippen molar-refractivity contribution in [2.45, 2.75) is 39.2 Å². The van der Waals surface area contributed by atoms with Crippen molar-refractivity contribution in [1.29, 1.82) is 0 Å². The third kappa shape index (κ3) is 3.41. The molecule has 0 radical (unpaired) electrons. The van der Waals surface area contributed by atoms with Crippen LogP contribution in [0.2, 0.25) is 5.02 Å². The molecule has 3 atom stereocenters. The number of carbonyl (C=O) groups is 1. The van der Waals surface area contributed by atoms with E-state index in [1.165, 1.54) is 6.42 Å². The van der Waals surface area contributed by atoms with Crippen LogP contribution < -0.4 is 11.1 Å². The molecule has 1 aromatic rings. The Kier molecular flexibility index (Phi) is 4.35. The van der Waals surface area contributed by atoms with Gasteiger partial charge in [-0.3, -0.25) is 4.79 Å². The van der Waals surface area contributed by atoms with Gasteiger partial charge >= 0.3 is 0 Å². The topological polar surface area (TPSA) is 55.1 Å². The number of hydrogen-bond donors (Lipinski definition) is 2. The number of halogens is 1. The average Bonchev–Trinajstić information content (AvgIpc) is 2.37. The fourth-order valence-corrected chi connectivity index (χ4v) is 2.75. The Labute approximate surface area is 119 Å². The SMILES string of the molecule is CC1CCC(NC(=O)c2ccc(Cl)c(N)c2)CC1C. The van der Waals surface area contributed by atoms with Crippen molar-refractivity contribution in [1.82, 2.24) is 5.32 Å². The first-order valence-corrected chi connectivity index (χ1v) is 7.21. The molecule has 4 heteroatoms. The highest BCUT2D eigenvalue weighted by atomic mass is 35.5. The monoisotopic (exact) mass is 280 g/mol. The average molecular weight is 281 g/mol. The summed E-state index contributed by atoms with van der Waals surface area (Å²) < 4.78 is 0. The van der Waals surface area contributed by atoms with Crippen molar-refractivity contribution in [2.75, 3.05) is 5.73 Å². The van der Waals surface area contributed by atoms with Gasteiger partial charge in [0, 0.05) is 11.6 Å². The fourth-order valence-electron chi connectivity index (χ4n) is 2.63. The number of rotatable bonds is 2. The highest BCUT2D eigenvalue weighted by molar-refractivity contribution is 6.33. The van der Waals surface area contributed by atoms with Crippen LogP contribution in [0.5, 0.6) is 0 Å². The van der Waals surface area contributed by atoms with Crippen LogP contribution in [0.4, 0.5) is 5.69 Å². The first-order valence-electron chi connectivity index (χ1n) is 6.83. The second-order valence-corrected chi connectivity index (χ2v) is 6.08. The van der Waals surface area contributed by atoms with E-state index in [0.29, 0.717) is 22.2 Å². The van der Waals surface area contributed by atoms with E-state index in [9.17, 15) is 4.79 Å². The molecule has 0 heterocycles. The predicted octanol–water partition coefficient (Wildman–Crippen LogP) is 3.48. The number of hydrogen-bond acceptors (Lipinski definition) is 2. The Bertz CT molecular complexity index is 475. The third-order valence-corrected chi connectivity index (χ3v) is 4.54. The second kappa shape index (κ2) is 5.83. The van der Waals surface area contributed by atoms with Gasteiger partial charge in [0.25, 0.3) is 5.91 Å².